The molecule has 0 unspecified atom stereocenters. The number of anilines is 2. The Balaban J connectivity index is 1.07. The van der Waals surface area contributed by atoms with Crippen molar-refractivity contribution in [2.75, 3.05) is 36.8 Å². The Morgan fingerprint density at radius 1 is 0.355 bits per heavy atom. The van der Waals surface area contributed by atoms with Gasteiger partial charge in [0.2, 0.25) is 11.8 Å². The topological polar surface area (TPSA) is 151 Å². The first-order valence-electron chi connectivity index (χ1n) is 21.1. The highest BCUT2D eigenvalue weighted by atomic mass is 16.2. The second-order valence-corrected chi connectivity index (χ2v) is 15.6. The second kappa shape index (κ2) is 19.1. The van der Waals surface area contributed by atoms with E-state index in [-0.39, 0.29) is 80.1 Å². The lowest BCUT2D eigenvalue weighted by Gasteiger charge is -2.26. The van der Waals surface area contributed by atoms with E-state index in [4.69, 9.17) is 0 Å². The van der Waals surface area contributed by atoms with E-state index in [0.717, 1.165) is 38.5 Å². The number of benzene rings is 6. The molecule has 0 aromatic heterocycles. The monoisotopic (exact) mass is 822 g/mol. The Hall–Kier alpha value is -7.14. The summed E-state index contributed by atoms with van der Waals surface area (Å²) in [6, 6.07) is 39.7. The average Bonchev–Trinajstić information content (AvgIpc) is 3.30. The van der Waals surface area contributed by atoms with Gasteiger partial charge in [-0.25, -0.2) is 0 Å². The molecular weight excluding hydrogens is 777 g/mol. The Bertz CT molecular complexity index is 2520. The van der Waals surface area contributed by atoms with Gasteiger partial charge in [0.1, 0.15) is 0 Å². The molecule has 6 aromatic rings. The minimum atomic E-state index is -0.464. The number of rotatable bonds is 17. The Labute approximate surface area is 360 Å². The number of nitrogens with one attached hydrogen (secondary N) is 4. The number of hydrogen-bond acceptors (Lipinski definition) is 8. The average molecular weight is 823 g/mol. The molecule has 10 nitrogen and oxygen atoms in total. The summed E-state index contributed by atoms with van der Waals surface area (Å²) in [4.78, 5) is 84.4. The summed E-state index contributed by atoms with van der Waals surface area (Å²) < 4.78 is 0. The first-order valence-corrected chi connectivity index (χ1v) is 21.1. The Kier molecular flexibility index (Phi) is 12.8. The normalized spacial score (nSPS) is 12.6. The molecule has 6 aromatic carbocycles. The van der Waals surface area contributed by atoms with Gasteiger partial charge in [-0.05, 0) is 86.0 Å². The van der Waals surface area contributed by atoms with Crippen molar-refractivity contribution in [2.45, 2.75) is 38.5 Å². The van der Waals surface area contributed by atoms with Crippen LogP contribution < -0.4 is 21.3 Å². The lowest BCUT2D eigenvalue weighted by molar-refractivity contribution is -0.116. The van der Waals surface area contributed by atoms with E-state index in [2.05, 4.69) is 45.5 Å². The van der Waals surface area contributed by atoms with Crippen LogP contribution in [-0.4, -0.2) is 61.1 Å². The van der Waals surface area contributed by atoms with Gasteiger partial charge >= 0.3 is 0 Å². The fraction of sp³-hybridized carbons (Fsp3) is 0.192. The minimum absolute atomic E-state index is 0.00151. The Morgan fingerprint density at radius 2 is 0.694 bits per heavy atom. The molecule has 62 heavy (non-hydrogen) atoms. The van der Waals surface area contributed by atoms with Crippen LogP contribution in [0.4, 0.5) is 11.4 Å². The number of carbonyl (C=O) groups excluding carboxylic acids is 6. The van der Waals surface area contributed by atoms with Crippen LogP contribution in [0.2, 0.25) is 0 Å². The molecule has 0 radical (unpaired) electrons. The maximum Gasteiger partial charge on any atom is 0.238 e. The highest BCUT2D eigenvalue weighted by Gasteiger charge is 2.38. The van der Waals surface area contributed by atoms with Crippen LogP contribution in [-0.2, 0) is 22.4 Å². The van der Waals surface area contributed by atoms with Crippen molar-refractivity contribution < 1.29 is 28.8 Å². The molecule has 4 N–H and O–H groups in total. The maximum absolute atomic E-state index is 14.5. The summed E-state index contributed by atoms with van der Waals surface area (Å²) in [7, 11) is 0. The number of carbonyl (C=O) groups is 6. The van der Waals surface area contributed by atoms with Gasteiger partial charge in [0.25, 0.3) is 0 Å². The summed E-state index contributed by atoms with van der Waals surface area (Å²) in [6.45, 7) is 1.21. The maximum atomic E-state index is 14.5. The van der Waals surface area contributed by atoms with Crippen molar-refractivity contribution in [3.8, 4) is 11.1 Å². The fourth-order valence-electron chi connectivity index (χ4n) is 8.34. The van der Waals surface area contributed by atoms with E-state index in [9.17, 15) is 28.8 Å². The van der Waals surface area contributed by atoms with Crippen LogP contribution in [0.15, 0.2) is 133 Å². The van der Waals surface area contributed by atoms with Crippen molar-refractivity contribution >= 4 is 46.3 Å². The van der Waals surface area contributed by atoms with Gasteiger partial charge in [0, 0.05) is 33.4 Å². The van der Waals surface area contributed by atoms with Crippen LogP contribution in [0.1, 0.15) is 100 Å². The van der Waals surface area contributed by atoms with Gasteiger partial charge in [-0.3, -0.25) is 28.8 Å². The number of fused-ring (bicyclic) bond motifs is 4. The third-order valence-corrected chi connectivity index (χ3v) is 11.4. The van der Waals surface area contributed by atoms with Crippen LogP contribution >= 0.6 is 0 Å². The van der Waals surface area contributed by atoms with Gasteiger partial charge < -0.3 is 21.3 Å². The lowest BCUT2D eigenvalue weighted by Crippen LogP contribution is -2.31. The molecular formula is C52H46N4O6. The van der Waals surface area contributed by atoms with Crippen molar-refractivity contribution in [1.82, 2.24) is 10.6 Å². The molecule has 10 heteroatoms. The largest absolute Gasteiger partial charge is 0.324 e. The third-order valence-electron chi connectivity index (χ3n) is 11.4. The van der Waals surface area contributed by atoms with Gasteiger partial charge in [0.15, 0.2) is 23.1 Å². The SMILES string of the molecule is O=C(CNCCCCc1ccccc1)Nc1ccc(-c2ccc(NC(=O)CNCCCCc3ccccc3)c3c2C(=O)c2ccccc2C3=O)c2c1C(=O)c1ccccc1C2=O. The van der Waals surface area contributed by atoms with Crippen LogP contribution in [0.5, 0.6) is 0 Å². The minimum Gasteiger partial charge on any atom is -0.324 e. The number of unbranched alkanes of at least 4 members (excludes halogenated alkanes) is 2. The zero-order valence-corrected chi connectivity index (χ0v) is 34.2. The fourth-order valence-corrected chi connectivity index (χ4v) is 8.34. The Morgan fingerprint density at radius 3 is 1.06 bits per heavy atom. The predicted molar refractivity (Wildman–Crippen MR) is 240 cm³/mol. The molecule has 0 saturated carbocycles. The molecule has 2 aliphatic carbocycles. The smallest absolute Gasteiger partial charge is 0.238 e. The summed E-state index contributed by atoms with van der Waals surface area (Å²) in [6.07, 6.45) is 5.50. The number of aryl methyl sites for hydroxylation is 2. The summed E-state index contributed by atoms with van der Waals surface area (Å²) in [5.74, 6) is -2.63. The molecule has 8 rings (SSSR count). The molecule has 310 valence electrons. The molecule has 0 spiro atoms. The van der Waals surface area contributed by atoms with E-state index in [1.807, 2.05) is 36.4 Å². The van der Waals surface area contributed by atoms with Crippen LogP contribution in [0.25, 0.3) is 11.1 Å². The highest BCUT2D eigenvalue weighted by molar-refractivity contribution is 6.35. The molecule has 0 atom stereocenters. The molecule has 0 bridgehead atoms. The van der Waals surface area contributed by atoms with Crippen molar-refractivity contribution in [3.05, 3.63) is 189 Å². The highest BCUT2D eigenvalue weighted by Crippen LogP contribution is 2.43. The molecule has 0 fully saturated rings. The van der Waals surface area contributed by atoms with Gasteiger partial charge in [0.05, 0.1) is 35.6 Å². The number of ketones is 4. The third kappa shape index (κ3) is 8.83. The van der Waals surface area contributed by atoms with Gasteiger partial charge in [-0.15, -0.1) is 0 Å². The van der Waals surface area contributed by atoms with Crippen LogP contribution in [0, 0.1) is 0 Å². The van der Waals surface area contributed by atoms with Gasteiger partial charge in [-0.2, -0.15) is 0 Å². The van der Waals surface area contributed by atoms with E-state index in [1.165, 1.54) is 11.1 Å². The van der Waals surface area contributed by atoms with Crippen LogP contribution in [0.3, 0.4) is 0 Å². The quantitative estimate of drug-likeness (QED) is 0.0675. The number of amides is 2. The summed E-state index contributed by atoms with van der Waals surface area (Å²) in [5, 5.41) is 12.1. The standard InChI is InChI=1S/C52H46N4O6/c57-43(31-53-29-13-11-19-33-15-3-1-4-16-33)55-41-27-25-35(45-47(41)51(61)39-23-9-7-21-37(39)49(45)59)36-26-28-42(48-46(36)50(60)38-22-8-10-24-40(38)52(48)62)56-44(58)32-54-30-14-12-20-34-17-5-2-6-18-34/h1-10,15-18,21-28,53-54H,11-14,19-20,29-32H2,(H,55,57)(H,56,58). The first-order chi connectivity index (χ1) is 30.3. The van der Waals surface area contributed by atoms with E-state index in [1.54, 1.807) is 72.8 Å². The predicted octanol–water partition coefficient (Wildman–Crippen LogP) is 8.01. The second-order valence-electron chi connectivity index (χ2n) is 15.6. The van der Waals surface area contributed by atoms with Gasteiger partial charge in [-0.1, -0.05) is 121 Å². The molecule has 0 heterocycles. The molecule has 2 aliphatic rings. The molecule has 0 aliphatic heterocycles. The van der Waals surface area contributed by atoms with E-state index >= 15 is 0 Å². The van der Waals surface area contributed by atoms with Crippen molar-refractivity contribution in [2.24, 2.45) is 0 Å². The summed E-state index contributed by atoms with van der Waals surface area (Å²) in [5.41, 5.74) is 4.09. The first kappa shape index (κ1) is 41.6. The van der Waals surface area contributed by atoms with Crippen molar-refractivity contribution in [1.29, 1.82) is 0 Å². The lowest BCUT2D eigenvalue weighted by atomic mass is 9.75. The molecule has 0 saturated heterocycles. The summed E-state index contributed by atoms with van der Waals surface area (Å²) >= 11 is 0. The van der Waals surface area contributed by atoms with E-state index in [0.29, 0.717) is 13.1 Å². The zero-order valence-electron chi connectivity index (χ0n) is 34.2. The molecule has 2 amide bonds. The van der Waals surface area contributed by atoms with Crippen molar-refractivity contribution in [3.63, 3.8) is 0 Å². The zero-order chi connectivity index (χ0) is 43.0. The van der Waals surface area contributed by atoms with E-state index < -0.39 is 34.9 Å². The number of hydrogen-bond donors (Lipinski definition) is 4.